The average molecular weight is 703 g/mol. The Balaban J connectivity index is 1.42. The number of benzene rings is 4. The summed E-state index contributed by atoms with van der Waals surface area (Å²) >= 11 is 6.95. The van der Waals surface area contributed by atoms with Crippen molar-refractivity contribution in [3.05, 3.63) is 122 Å². The van der Waals surface area contributed by atoms with Crippen LogP contribution in [0.25, 0.3) is 6.08 Å². The van der Waals surface area contributed by atoms with Crippen LogP contribution in [0.1, 0.15) is 16.7 Å². The number of para-hydroxylation sites is 2. The van der Waals surface area contributed by atoms with Gasteiger partial charge in [-0.15, -0.1) is 0 Å². The lowest BCUT2D eigenvalue weighted by Gasteiger charge is -2.34. The number of carbonyl (C=O) groups excluding carboxylic acids is 4. The molecule has 0 radical (unpaired) electrons. The summed E-state index contributed by atoms with van der Waals surface area (Å²) in [6.45, 7) is 3.65. The molecule has 0 unspecified atom stereocenters. The van der Waals surface area contributed by atoms with E-state index in [0.717, 1.165) is 20.9 Å². The minimum Gasteiger partial charge on any atom is -0.481 e. The second kappa shape index (κ2) is 12.8. The summed E-state index contributed by atoms with van der Waals surface area (Å²) < 4.78 is 6.77. The van der Waals surface area contributed by atoms with Crippen LogP contribution in [0.4, 0.5) is 21.9 Å². The number of hydrogen-bond donors (Lipinski definition) is 1. The molecule has 0 saturated carbocycles. The monoisotopic (exact) mass is 701 g/mol. The van der Waals surface area contributed by atoms with Crippen molar-refractivity contribution in [2.24, 2.45) is 0 Å². The maximum absolute atomic E-state index is 13.6. The Morgan fingerprint density at radius 1 is 0.791 bits per heavy atom. The Bertz CT molecular complexity index is 1690. The van der Waals surface area contributed by atoms with Gasteiger partial charge in [0.1, 0.15) is 11.3 Å². The van der Waals surface area contributed by atoms with Crippen molar-refractivity contribution in [3.8, 4) is 5.75 Å². The molecule has 0 aliphatic carbocycles. The molecule has 1 N–H and O–H groups in total. The van der Waals surface area contributed by atoms with E-state index in [1.165, 1.54) is 6.08 Å². The third kappa shape index (κ3) is 6.45. The highest BCUT2D eigenvalue weighted by Gasteiger charge is 2.43. The van der Waals surface area contributed by atoms with Crippen LogP contribution in [0.3, 0.4) is 0 Å². The highest BCUT2D eigenvalue weighted by molar-refractivity contribution is 9.11. The van der Waals surface area contributed by atoms with Gasteiger partial charge in [-0.25, -0.2) is 14.6 Å². The zero-order valence-electron chi connectivity index (χ0n) is 23.1. The van der Waals surface area contributed by atoms with Gasteiger partial charge in [0.2, 0.25) is 0 Å². The lowest BCUT2D eigenvalue weighted by atomic mass is 10.0. The third-order valence-electron chi connectivity index (χ3n) is 6.61. The number of imide groups is 2. The highest BCUT2D eigenvalue weighted by atomic mass is 79.9. The number of nitrogens with zero attached hydrogens (tertiary/aromatic N) is 2. The van der Waals surface area contributed by atoms with E-state index in [-0.39, 0.29) is 18.1 Å². The molecule has 216 valence electrons. The molecule has 1 saturated heterocycles. The van der Waals surface area contributed by atoms with Crippen LogP contribution in [0, 0.1) is 13.8 Å². The summed E-state index contributed by atoms with van der Waals surface area (Å²) in [5, 5.41) is 2.84. The number of carbonyl (C=O) groups is 4. The van der Waals surface area contributed by atoms with Gasteiger partial charge in [0.25, 0.3) is 17.7 Å². The van der Waals surface area contributed by atoms with Crippen LogP contribution < -0.4 is 19.9 Å². The number of ether oxygens (including phenoxy) is 1. The molecular weight excluding hydrogens is 678 g/mol. The fourth-order valence-electron chi connectivity index (χ4n) is 4.58. The first kappa shape index (κ1) is 29.9. The molecule has 8 nitrogen and oxygen atoms in total. The third-order valence-corrected chi connectivity index (χ3v) is 7.79. The minimum absolute atomic E-state index is 0.201. The van der Waals surface area contributed by atoms with Crippen LogP contribution in [0.5, 0.6) is 5.75 Å². The number of barbiturate groups is 1. The van der Waals surface area contributed by atoms with Gasteiger partial charge in [0, 0.05) is 5.69 Å². The van der Waals surface area contributed by atoms with E-state index in [1.807, 2.05) is 32.0 Å². The number of urea groups is 1. The molecule has 43 heavy (non-hydrogen) atoms. The fourth-order valence-corrected chi connectivity index (χ4v) is 6.04. The van der Waals surface area contributed by atoms with Gasteiger partial charge in [0.15, 0.2) is 6.61 Å². The lowest BCUT2D eigenvalue weighted by molar-refractivity contribution is -0.121. The van der Waals surface area contributed by atoms with Crippen molar-refractivity contribution in [2.45, 2.75) is 13.8 Å². The van der Waals surface area contributed by atoms with E-state index in [1.54, 1.807) is 72.8 Å². The molecule has 1 aliphatic heterocycles. The number of halogens is 2. The van der Waals surface area contributed by atoms with Gasteiger partial charge >= 0.3 is 6.03 Å². The van der Waals surface area contributed by atoms with Crippen LogP contribution in [-0.4, -0.2) is 30.4 Å². The molecule has 1 heterocycles. The van der Waals surface area contributed by atoms with E-state index in [0.29, 0.717) is 37.3 Å². The molecule has 0 atom stereocenters. The summed E-state index contributed by atoms with van der Waals surface area (Å²) in [5.74, 6) is -1.46. The first-order valence-corrected chi connectivity index (χ1v) is 14.8. The Morgan fingerprint density at radius 2 is 1.33 bits per heavy atom. The zero-order chi connectivity index (χ0) is 30.7. The molecule has 1 aliphatic rings. The molecule has 1 fully saturated rings. The molecular formula is C33H25Br2N3O5. The number of anilines is 3. The van der Waals surface area contributed by atoms with Gasteiger partial charge in [-0.2, -0.15) is 0 Å². The summed E-state index contributed by atoms with van der Waals surface area (Å²) in [4.78, 5) is 55.3. The molecule has 5 rings (SSSR count). The highest BCUT2D eigenvalue weighted by Crippen LogP contribution is 2.36. The van der Waals surface area contributed by atoms with E-state index < -0.39 is 17.8 Å². The van der Waals surface area contributed by atoms with Crippen molar-refractivity contribution in [1.82, 2.24) is 0 Å². The predicted octanol–water partition coefficient (Wildman–Crippen LogP) is 7.43. The lowest BCUT2D eigenvalue weighted by Crippen LogP contribution is -2.57. The van der Waals surface area contributed by atoms with Crippen LogP contribution >= 0.6 is 31.9 Å². The summed E-state index contributed by atoms with van der Waals surface area (Å²) in [6.07, 6.45) is 1.43. The quantitative estimate of drug-likeness (QED) is 0.160. The van der Waals surface area contributed by atoms with Crippen LogP contribution in [0.15, 0.2) is 106 Å². The maximum atomic E-state index is 13.6. The van der Waals surface area contributed by atoms with E-state index in [9.17, 15) is 19.2 Å². The molecule has 0 aromatic heterocycles. The second-order valence-electron chi connectivity index (χ2n) is 9.76. The largest absolute Gasteiger partial charge is 0.481 e. The minimum atomic E-state index is -0.769. The number of amides is 5. The fraction of sp³-hybridized carbons (Fsp3) is 0.0909. The SMILES string of the molecule is Cc1ccc(NC(=O)COc2c(Br)cc(C=C3C(=O)N(c4ccccc4)C(=O)N(c4ccccc4)C3=O)cc2Br)c(C)c1. The predicted molar refractivity (Wildman–Crippen MR) is 173 cm³/mol. The Kier molecular flexibility index (Phi) is 8.89. The zero-order valence-corrected chi connectivity index (χ0v) is 26.3. The summed E-state index contributed by atoms with van der Waals surface area (Å²) in [7, 11) is 0. The Hall–Kier alpha value is -4.54. The molecule has 0 bridgehead atoms. The number of rotatable bonds is 7. The van der Waals surface area contributed by atoms with E-state index in [4.69, 9.17) is 4.74 Å². The van der Waals surface area contributed by atoms with Crippen LogP contribution in [0.2, 0.25) is 0 Å². The van der Waals surface area contributed by atoms with E-state index in [2.05, 4.69) is 37.2 Å². The van der Waals surface area contributed by atoms with Crippen molar-refractivity contribution in [1.29, 1.82) is 0 Å². The normalized spacial score (nSPS) is 13.3. The first-order chi connectivity index (χ1) is 20.6. The topological polar surface area (TPSA) is 96.0 Å². The van der Waals surface area contributed by atoms with Crippen molar-refractivity contribution < 1.29 is 23.9 Å². The summed E-state index contributed by atoms with van der Waals surface area (Å²) in [6, 6.07) is 25.2. The number of hydrogen-bond acceptors (Lipinski definition) is 5. The molecule has 4 aromatic carbocycles. The molecule has 5 amide bonds. The number of aryl methyl sites for hydroxylation is 2. The van der Waals surface area contributed by atoms with Gasteiger partial charge in [-0.1, -0.05) is 54.1 Å². The van der Waals surface area contributed by atoms with Crippen LogP contribution in [-0.2, 0) is 14.4 Å². The number of nitrogens with one attached hydrogen (secondary N) is 1. The van der Waals surface area contributed by atoms with Gasteiger partial charge in [-0.05, 0) is 105 Å². The second-order valence-corrected chi connectivity index (χ2v) is 11.5. The standard InChI is InChI=1S/C33H25Br2N3O5/c1-20-13-14-28(21(2)15-20)36-29(39)19-43-30-26(34)17-22(18-27(30)35)16-25-31(40)37(23-9-5-3-6-10-23)33(42)38(32(25)41)24-11-7-4-8-12-24/h3-18H,19H2,1-2H3,(H,36,39). The molecule has 10 heteroatoms. The Morgan fingerprint density at radius 3 is 1.84 bits per heavy atom. The van der Waals surface area contributed by atoms with E-state index >= 15 is 0 Å². The van der Waals surface area contributed by atoms with Gasteiger partial charge in [-0.3, -0.25) is 14.4 Å². The van der Waals surface area contributed by atoms with Crippen molar-refractivity contribution >= 4 is 78.8 Å². The average Bonchev–Trinajstić information content (AvgIpc) is 2.97. The van der Waals surface area contributed by atoms with Gasteiger partial charge < -0.3 is 10.1 Å². The molecule has 4 aromatic rings. The molecule has 0 spiro atoms. The van der Waals surface area contributed by atoms with Crippen molar-refractivity contribution in [2.75, 3.05) is 21.7 Å². The summed E-state index contributed by atoms with van der Waals surface area (Å²) in [5.41, 5.74) is 3.69. The Labute approximate surface area is 265 Å². The maximum Gasteiger partial charge on any atom is 0.343 e. The van der Waals surface area contributed by atoms with Gasteiger partial charge in [0.05, 0.1) is 20.3 Å². The smallest absolute Gasteiger partial charge is 0.343 e. The van der Waals surface area contributed by atoms with Crippen molar-refractivity contribution in [3.63, 3.8) is 0 Å². The first-order valence-electron chi connectivity index (χ1n) is 13.2.